The van der Waals surface area contributed by atoms with E-state index >= 15 is 0 Å². The van der Waals surface area contributed by atoms with E-state index in [1.165, 1.54) is 0 Å². The van der Waals surface area contributed by atoms with Crippen molar-refractivity contribution < 1.29 is 23.1 Å². The second-order valence-electron chi connectivity index (χ2n) is 7.32. The zero-order valence-electron chi connectivity index (χ0n) is 15.7. The van der Waals surface area contributed by atoms with Gasteiger partial charge in [0.1, 0.15) is 5.75 Å². The number of sulfonamides is 1. The maximum absolute atomic E-state index is 12.4. The molecular weight excluding hydrogens is 392 g/mol. The number of aliphatic hydroxyl groups is 1. The van der Waals surface area contributed by atoms with Gasteiger partial charge in [-0.3, -0.25) is 4.79 Å². The molecule has 1 aromatic carbocycles. The molecule has 152 valence electrons. The number of halogens is 1. The number of carbonyl (C=O) groups excluding carboxylic acids is 1. The van der Waals surface area contributed by atoms with Crippen molar-refractivity contribution in [3.63, 3.8) is 0 Å². The fourth-order valence-electron chi connectivity index (χ4n) is 2.80. The number of rotatable bonds is 8. The van der Waals surface area contributed by atoms with Crippen LogP contribution in [0.5, 0.6) is 5.75 Å². The normalized spacial score (nSPS) is 16.4. The smallest absolute Gasteiger partial charge is 0.260 e. The minimum absolute atomic E-state index is 0.0944. The molecule has 0 aromatic heterocycles. The van der Waals surface area contributed by atoms with Crippen molar-refractivity contribution in [1.82, 2.24) is 9.62 Å². The van der Waals surface area contributed by atoms with Crippen molar-refractivity contribution in [3.05, 3.63) is 29.3 Å². The second kappa shape index (κ2) is 9.23. The third-order valence-corrected chi connectivity index (χ3v) is 6.66. The molecule has 27 heavy (non-hydrogen) atoms. The Labute approximate surface area is 165 Å². The first-order chi connectivity index (χ1) is 12.6. The maximum Gasteiger partial charge on any atom is 0.260 e. The highest BCUT2D eigenvalue weighted by molar-refractivity contribution is 7.90. The number of nitrogens with zero attached hydrogens (tertiary/aromatic N) is 1. The number of amides is 1. The van der Waals surface area contributed by atoms with Gasteiger partial charge in [-0.1, -0.05) is 11.6 Å². The third-order valence-electron chi connectivity index (χ3n) is 4.45. The van der Waals surface area contributed by atoms with E-state index in [1.54, 1.807) is 43.0 Å². The van der Waals surface area contributed by atoms with Gasteiger partial charge in [-0.05, 0) is 57.4 Å². The Bertz CT molecular complexity index is 723. The molecule has 1 heterocycles. The number of ether oxygens (including phenoxy) is 1. The van der Waals surface area contributed by atoms with E-state index in [9.17, 15) is 18.3 Å². The summed E-state index contributed by atoms with van der Waals surface area (Å²) in [5.41, 5.74) is -0.914. The topological polar surface area (TPSA) is 95.9 Å². The van der Waals surface area contributed by atoms with E-state index in [2.05, 4.69) is 4.72 Å². The molecular formula is C18H27ClN2O5S. The Balaban J connectivity index is 1.76. The van der Waals surface area contributed by atoms with Crippen molar-refractivity contribution in [1.29, 1.82) is 0 Å². The fraction of sp³-hybridized carbons (Fsp3) is 0.611. The molecule has 1 amide bonds. The van der Waals surface area contributed by atoms with Gasteiger partial charge in [-0.15, -0.1) is 0 Å². The molecule has 0 radical (unpaired) electrons. The largest absolute Gasteiger partial charge is 0.484 e. The molecule has 2 rings (SSSR count). The molecule has 1 saturated heterocycles. The molecule has 7 nitrogen and oxygen atoms in total. The van der Waals surface area contributed by atoms with Crippen LogP contribution in [0.4, 0.5) is 0 Å². The summed E-state index contributed by atoms with van der Waals surface area (Å²) < 4.78 is 32.7. The van der Waals surface area contributed by atoms with Crippen LogP contribution in [0.1, 0.15) is 33.1 Å². The van der Waals surface area contributed by atoms with Crippen molar-refractivity contribution in [2.24, 2.45) is 0 Å². The molecule has 1 fully saturated rings. The summed E-state index contributed by atoms with van der Waals surface area (Å²) in [6.07, 6.45) is 1.10. The third kappa shape index (κ3) is 7.29. The number of nitrogens with one attached hydrogen (secondary N) is 1. The lowest BCUT2D eigenvalue weighted by molar-refractivity contribution is -0.134. The Morgan fingerprint density at radius 1 is 1.30 bits per heavy atom. The average molecular weight is 419 g/mol. The molecule has 0 atom stereocenters. The quantitative estimate of drug-likeness (QED) is 0.671. The average Bonchev–Trinajstić information content (AvgIpc) is 2.60. The lowest BCUT2D eigenvalue weighted by atomic mass is 10.1. The zero-order valence-corrected chi connectivity index (χ0v) is 17.2. The van der Waals surface area contributed by atoms with Gasteiger partial charge in [0.25, 0.3) is 5.91 Å². The summed E-state index contributed by atoms with van der Waals surface area (Å²) in [5, 5.41) is 9.73. The van der Waals surface area contributed by atoms with Gasteiger partial charge in [-0.25, -0.2) is 13.1 Å². The van der Waals surface area contributed by atoms with Gasteiger partial charge in [-0.2, -0.15) is 0 Å². The summed E-state index contributed by atoms with van der Waals surface area (Å²) in [7, 11) is -3.46. The standard InChI is InChI=1S/C18H27ClN2O5S/c1-18(2,23)9-10-20-27(24,25)16-7-11-21(12-8-16)17(22)13-26-15-5-3-14(19)4-6-15/h3-6,16,20,23H,7-13H2,1-2H3. The first-order valence-corrected chi connectivity index (χ1v) is 10.9. The lowest BCUT2D eigenvalue weighted by Crippen LogP contribution is -2.47. The highest BCUT2D eigenvalue weighted by atomic mass is 35.5. The number of hydrogen-bond acceptors (Lipinski definition) is 5. The molecule has 0 spiro atoms. The first kappa shape index (κ1) is 21.9. The number of carbonyl (C=O) groups is 1. The van der Waals surface area contributed by atoms with Gasteiger partial charge in [0.15, 0.2) is 6.61 Å². The van der Waals surface area contributed by atoms with Crippen LogP contribution in [0.2, 0.25) is 5.02 Å². The fourth-order valence-corrected chi connectivity index (χ4v) is 4.38. The number of hydrogen-bond donors (Lipinski definition) is 2. The molecule has 2 N–H and O–H groups in total. The van der Waals surface area contributed by atoms with Crippen LogP contribution < -0.4 is 9.46 Å². The molecule has 1 aromatic rings. The second-order valence-corrected chi connectivity index (χ2v) is 9.81. The Kier molecular flexibility index (Phi) is 7.50. The van der Waals surface area contributed by atoms with Crippen LogP contribution in [0, 0.1) is 0 Å². The molecule has 0 bridgehead atoms. The van der Waals surface area contributed by atoms with E-state index in [0.29, 0.717) is 43.1 Å². The zero-order chi connectivity index (χ0) is 20.1. The maximum atomic E-state index is 12.4. The van der Waals surface area contributed by atoms with E-state index in [0.717, 1.165) is 0 Å². The highest BCUT2D eigenvalue weighted by Crippen LogP contribution is 2.19. The Morgan fingerprint density at radius 3 is 2.44 bits per heavy atom. The predicted molar refractivity (Wildman–Crippen MR) is 104 cm³/mol. The van der Waals surface area contributed by atoms with E-state index in [4.69, 9.17) is 16.3 Å². The minimum atomic E-state index is -3.46. The van der Waals surface area contributed by atoms with Gasteiger partial charge in [0.05, 0.1) is 10.9 Å². The van der Waals surface area contributed by atoms with E-state index < -0.39 is 20.9 Å². The molecule has 0 saturated carbocycles. The Morgan fingerprint density at radius 2 is 1.89 bits per heavy atom. The molecule has 1 aliphatic heterocycles. The lowest BCUT2D eigenvalue weighted by Gasteiger charge is -2.31. The predicted octanol–water partition coefficient (Wildman–Crippen LogP) is 1.79. The number of benzene rings is 1. The molecule has 0 unspecified atom stereocenters. The summed E-state index contributed by atoms with van der Waals surface area (Å²) in [5.74, 6) is 0.386. The highest BCUT2D eigenvalue weighted by Gasteiger charge is 2.31. The SMILES string of the molecule is CC(C)(O)CCNS(=O)(=O)C1CCN(C(=O)COc2ccc(Cl)cc2)CC1. The van der Waals surface area contributed by atoms with Crippen LogP contribution in [-0.2, 0) is 14.8 Å². The van der Waals surface area contributed by atoms with Crippen molar-refractivity contribution in [2.75, 3.05) is 26.2 Å². The monoisotopic (exact) mass is 418 g/mol. The van der Waals surface area contributed by atoms with Crippen LogP contribution >= 0.6 is 11.6 Å². The number of likely N-dealkylation sites (tertiary alicyclic amines) is 1. The van der Waals surface area contributed by atoms with Crippen molar-refractivity contribution in [3.8, 4) is 5.75 Å². The van der Waals surface area contributed by atoms with Crippen LogP contribution in [-0.4, -0.2) is 61.4 Å². The van der Waals surface area contributed by atoms with Crippen molar-refractivity contribution >= 4 is 27.5 Å². The van der Waals surface area contributed by atoms with Gasteiger partial charge >= 0.3 is 0 Å². The minimum Gasteiger partial charge on any atom is -0.484 e. The van der Waals surface area contributed by atoms with Crippen molar-refractivity contribution in [2.45, 2.75) is 44.0 Å². The van der Waals surface area contributed by atoms with Crippen LogP contribution in [0.3, 0.4) is 0 Å². The Hall–Kier alpha value is -1.35. The first-order valence-electron chi connectivity index (χ1n) is 8.94. The summed E-state index contributed by atoms with van der Waals surface area (Å²) in [4.78, 5) is 13.9. The molecule has 0 aliphatic carbocycles. The number of piperidine rings is 1. The van der Waals surface area contributed by atoms with Gasteiger partial charge < -0.3 is 14.7 Å². The summed E-state index contributed by atoms with van der Waals surface area (Å²) >= 11 is 5.80. The van der Waals surface area contributed by atoms with E-state index in [-0.39, 0.29) is 19.1 Å². The summed E-state index contributed by atoms with van der Waals surface area (Å²) in [6, 6.07) is 6.74. The summed E-state index contributed by atoms with van der Waals surface area (Å²) in [6.45, 7) is 4.12. The van der Waals surface area contributed by atoms with E-state index in [1.807, 2.05) is 0 Å². The van der Waals surface area contributed by atoms with Gasteiger partial charge in [0.2, 0.25) is 10.0 Å². The van der Waals surface area contributed by atoms with Crippen LogP contribution in [0.25, 0.3) is 0 Å². The molecule has 9 heteroatoms. The molecule has 1 aliphatic rings. The van der Waals surface area contributed by atoms with Crippen LogP contribution in [0.15, 0.2) is 24.3 Å². The van der Waals surface area contributed by atoms with Gasteiger partial charge in [0, 0.05) is 24.7 Å².